The first-order chi connectivity index (χ1) is 14.9. The average molecular weight is 485 g/mol. The van der Waals surface area contributed by atoms with E-state index in [1.807, 2.05) is 26.0 Å². The van der Waals surface area contributed by atoms with Crippen molar-refractivity contribution in [3.8, 4) is 0 Å². The number of nitrogens with zero attached hydrogens (tertiary/aromatic N) is 2. The third-order valence-electron chi connectivity index (χ3n) is 6.07. The number of halogens is 1. The van der Waals surface area contributed by atoms with Gasteiger partial charge in [-0.1, -0.05) is 35.2 Å². The zero-order valence-electron chi connectivity index (χ0n) is 18.9. The summed E-state index contributed by atoms with van der Waals surface area (Å²) < 4.78 is 6.64. The van der Waals surface area contributed by atoms with Crippen molar-refractivity contribution in [1.29, 1.82) is 0 Å². The number of ether oxygens (including phenoxy) is 1. The first kappa shape index (κ1) is 23.6. The molecule has 1 saturated carbocycles. The number of benzene rings is 1. The Labute approximate surface area is 195 Å². The number of piperidine rings is 1. The van der Waals surface area contributed by atoms with E-state index in [0.29, 0.717) is 11.6 Å². The highest BCUT2D eigenvalue weighted by Gasteiger charge is 2.30. The van der Waals surface area contributed by atoms with Gasteiger partial charge in [-0.3, -0.25) is 9.69 Å². The maximum Gasteiger partial charge on any atom is 0.254 e. The lowest BCUT2D eigenvalue weighted by molar-refractivity contribution is -0.113. The van der Waals surface area contributed by atoms with Crippen LogP contribution >= 0.6 is 15.9 Å². The summed E-state index contributed by atoms with van der Waals surface area (Å²) >= 11 is 3.65. The third-order valence-corrected chi connectivity index (χ3v) is 6.92. The topological polar surface area (TPSA) is 32.8 Å². The maximum atomic E-state index is 12.9. The molecule has 1 amide bonds. The van der Waals surface area contributed by atoms with Gasteiger partial charge < -0.3 is 9.64 Å². The first-order valence-electron chi connectivity index (χ1n) is 11.0. The monoisotopic (exact) mass is 484 g/mol. The Morgan fingerprint density at radius 1 is 1.29 bits per heavy atom. The van der Waals surface area contributed by atoms with Gasteiger partial charge in [-0.2, -0.15) is 0 Å². The molecule has 1 aromatic carbocycles. The van der Waals surface area contributed by atoms with Crippen molar-refractivity contribution >= 4 is 27.5 Å². The lowest BCUT2D eigenvalue weighted by Gasteiger charge is -2.34. The Morgan fingerprint density at radius 2 is 2.03 bits per heavy atom. The van der Waals surface area contributed by atoms with Crippen LogP contribution in [-0.2, 0) is 9.53 Å². The molecule has 1 unspecified atom stereocenters. The number of anilines is 1. The second kappa shape index (κ2) is 10.5. The molecule has 1 atom stereocenters. The van der Waals surface area contributed by atoms with E-state index in [2.05, 4.69) is 52.2 Å². The number of carbonyl (C=O) groups excluding carboxylic acids is 1. The van der Waals surface area contributed by atoms with Gasteiger partial charge in [-0.25, -0.2) is 0 Å². The fourth-order valence-electron chi connectivity index (χ4n) is 4.11. The van der Waals surface area contributed by atoms with E-state index in [9.17, 15) is 4.79 Å². The van der Waals surface area contributed by atoms with Crippen molar-refractivity contribution in [2.45, 2.75) is 51.6 Å². The van der Waals surface area contributed by atoms with Gasteiger partial charge in [0, 0.05) is 36.1 Å². The summed E-state index contributed by atoms with van der Waals surface area (Å²) in [6.45, 7) is 13.9. The van der Waals surface area contributed by atoms with Crippen LogP contribution in [0.15, 0.2) is 65.5 Å². The predicted octanol–water partition coefficient (Wildman–Crippen LogP) is 6.24. The quantitative estimate of drug-likeness (QED) is 0.323. The maximum absolute atomic E-state index is 12.9. The normalized spacial score (nSPS) is 19.5. The summed E-state index contributed by atoms with van der Waals surface area (Å²) in [6.07, 6.45) is 12.2. The highest BCUT2D eigenvalue weighted by Crippen LogP contribution is 2.46. The molecule has 1 heterocycles. The Morgan fingerprint density at radius 3 is 2.65 bits per heavy atom. The van der Waals surface area contributed by atoms with E-state index in [0.717, 1.165) is 60.2 Å². The molecule has 2 aliphatic rings. The standard InChI is InChI=1S/C26H33BrN2O2/c1-6-21(28-14-8-9-22(17-28)31-5)13-10-19(4)29(26(30)7-2)25-15-18(3)24(27)16-23(25)20-11-12-20/h6-7,10,13,15-16,20,22H,2,4,8-9,11-12,14,17H2,1,3,5H3/b13-10-,21-6+. The second-order valence-electron chi connectivity index (χ2n) is 8.30. The molecule has 0 bridgehead atoms. The van der Waals surface area contributed by atoms with E-state index in [-0.39, 0.29) is 12.0 Å². The molecule has 3 rings (SSSR count). The second-order valence-corrected chi connectivity index (χ2v) is 9.15. The molecule has 31 heavy (non-hydrogen) atoms. The predicted molar refractivity (Wildman–Crippen MR) is 132 cm³/mol. The number of aryl methyl sites for hydroxylation is 1. The summed E-state index contributed by atoms with van der Waals surface area (Å²) in [6, 6.07) is 4.22. The molecule has 0 spiro atoms. The van der Waals surface area contributed by atoms with Gasteiger partial charge in [0.25, 0.3) is 5.91 Å². The minimum Gasteiger partial charge on any atom is -0.380 e. The molecule has 0 N–H and O–H groups in total. The van der Waals surface area contributed by atoms with Crippen molar-refractivity contribution in [1.82, 2.24) is 4.90 Å². The lowest BCUT2D eigenvalue weighted by atomic mass is 10.0. The fourth-order valence-corrected chi connectivity index (χ4v) is 4.47. The average Bonchev–Trinajstić information content (AvgIpc) is 3.62. The summed E-state index contributed by atoms with van der Waals surface area (Å²) in [5.41, 5.74) is 4.93. The van der Waals surface area contributed by atoms with Crippen molar-refractivity contribution in [2.24, 2.45) is 0 Å². The molecule has 0 radical (unpaired) electrons. The van der Waals surface area contributed by atoms with Crippen LogP contribution < -0.4 is 4.90 Å². The minimum atomic E-state index is -0.169. The molecule has 1 aromatic rings. The number of carbonyl (C=O) groups is 1. The van der Waals surface area contributed by atoms with E-state index in [1.54, 1.807) is 12.0 Å². The Bertz CT molecular complexity index is 914. The summed E-state index contributed by atoms with van der Waals surface area (Å²) in [4.78, 5) is 16.9. The first-order valence-corrected chi connectivity index (χ1v) is 11.8. The summed E-state index contributed by atoms with van der Waals surface area (Å²) in [5.74, 6) is 0.326. The number of methoxy groups -OCH3 is 1. The fraction of sp³-hybridized carbons (Fsp3) is 0.423. The Hall–Kier alpha value is -2.11. The van der Waals surface area contributed by atoms with Crippen molar-refractivity contribution < 1.29 is 9.53 Å². The van der Waals surface area contributed by atoms with Crippen LogP contribution in [0.1, 0.15) is 49.7 Å². The number of allylic oxidation sites excluding steroid dienone is 3. The van der Waals surface area contributed by atoms with E-state index in [4.69, 9.17) is 4.74 Å². The molecule has 1 aliphatic heterocycles. The van der Waals surface area contributed by atoms with E-state index >= 15 is 0 Å². The van der Waals surface area contributed by atoms with Crippen molar-refractivity contribution in [2.75, 3.05) is 25.1 Å². The van der Waals surface area contributed by atoms with Crippen LogP contribution in [-0.4, -0.2) is 37.1 Å². The molecule has 0 aromatic heterocycles. The summed E-state index contributed by atoms with van der Waals surface area (Å²) in [7, 11) is 1.78. The largest absolute Gasteiger partial charge is 0.380 e. The van der Waals surface area contributed by atoms with Gasteiger partial charge in [0.15, 0.2) is 0 Å². The molecular weight excluding hydrogens is 452 g/mol. The highest BCUT2D eigenvalue weighted by molar-refractivity contribution is 9.10. The Kier molecular flexibility index (Phi) is 7.95. The van der Waals surface area contributed by atoms with Gasteiger partial charge in [0.05, 0.1) is 11.8 Å². The number of rotatable bonds is 8. The van der Waals surface area contributed by atoms with Gasteiger partial charge in [-0.15, -0.1) is 0 Å². The van der Waals surface area contributed by atoms with Gasteiger partial charge in [0.1, 0.15) is 0 Å². The van der Waals surface area contributed by atoms with Crippen molar-refractivity contribution in [3.63, 3.8) is 0 Å². The number of amides is 1. The number of likely N-dealkylation sites (tertiary alicyclic amines) is 1. The van der Waals surface area contributed by atoms with Crippen LogP contribution in [0.5, 0.6) is 0 Å². The molecule has 5 heteroatoms. The molecule has 1 aliphatic carbocycles. The zero-order chi connectivity index (χ0) is 22.5. The smallest absolute Gasteiger partial charge is 0.254 e. The molecule has 1 saturated heterocycles. The van der Waals surface area contributed by atoms with Gasteiger partial charge in [0.2, 0.25) is 0 Å². The molecule has 4 nitrogen and oxygen atoms in total. The van der Waals surface area contributed by atoms with Crippen LogP contribution in [0.4, 0.5) is 5.69 Å². The molecule has 2 fully saturated rings. The van der Waals surface area contributed by atoms with Gasteiger partial charge >= 0.3 is 0 Å². The van der Waals surface area contributed by atoms with Crippen LogP contribution in [0.2, 0.25) is 0 Å². The van der Waals surface area contributed by atoms with Crippen LogP contribution in [0.3, 0.4) is 0 Å². The number of hydrogen-bond donors (Lipinski definition) is 0. The van der Waals surface area contributed by atoms with E-state index in [1.165, 1.54) is 11.6 Å². The highest BCUT2D eigenvalue weighted by atomic mass is 79.9. The van der Waals surface area contributed by atoms with Crippen LogP contribution in [0, 0.1) is 6.92 Å². The van der Waals surface area contributed by atoms with Crippen LogP contribution in [0.25, 0.3) is 0 Å². The molecular formula is C26H33BrN2O2. The minimum absolute atomic E-state index is 0.169. The Balaban J connectivity index is 1.88. The SMILES string of the molecule is C=CC(=O)N(C(=C)/C=C\C(=C/C)N1CCCC(OC)C1)c1cc(C)c(Br)cc1C1CC1. The van der Waals surface area contributed by atoms with Crippen molar-refractivity contribution in [3.05, 3.63) is 76.6 Å². The van der Waals surface area contributed by atoms with E-state index < -0.39 is 0 Å². The third kappa shape index (κ3) is 5.58. The lowest BCUT2D eigenvalue weighted by Crippen LogP contribution is -2.38. The zero-order valence-corrected chi connectivity index (χ0v) is 20.5. The summed E-state index contributed by atoms with van der Waals surface area (Å²) in [5, 5.41) is 0. The molecule has 166 valence electrons. The van der Waals surface area contributed by atoms with Gasteiger partial charge in [-0.05, 0) is 86.9 Å². The number of hydrogen-bond acceptors (Lipinski definition) is 3.